The van der Waals surface area contributed by atoms with Crippen LogP contribution in [0.3, 0.4) is 0 Å². The molecule has 4 aliphatic carbocycles. The largest absolute Gasteiger partial charge is 0.495 e. The Kier molecular flexibility index (Phi) is 4.98. The molecule has 3 amide bonds. The Morgan fingerprint density at radius 2 is 1.71 bits per heavy atom. The summed E-state index contributed by atoms with van der Waals surface area (Å²) in [5, 5.41) is 8.87. The van der Waals surface area contributed by atoms with Crippen LogP contribution in [-0.4, -0.2) is 30.6 Å². The van der Waals surface area contributed by atoms with Gasteiger partial charge in [-0.15, -0.1) is 0 Å². The number of hydrogen-bond donors (Lipinski definition) is 3. The minimum Gasteiger partial charge on any atom is -0.495 e. The molecule has 1 atom stereocenters. The van der Waals surface area contributed by atoms with Crippen LogP contribution in [0, 0.1) is 24.7 Å². The Hall–Kier alpha value is -2.24. The maximum absolute atomic E-state index is 12.6. The summed E-state index contributed by atoms with van der Waals surface area (Å²) in [7, 11) is 1.60. The monoisotopic (exact) mass is 385 g/mol. The highest BCUT2D eigenvalue weighted by molar-refractivity contribution is 5.98. The molecule has 6 nitrogen and oxygen atoms in total. The Bertz CT molecular complexity index is 741. The molecular formula is C22H31N3O3. The molecule has 0 saturated heterocycles. The number of carbonyl (C=O) groups excluding carboxylic acids is 2. The molecule has 4 bridgehead atoms. The van der Waals surface area contributed by atoms with Crippen molar-refractivity contribution in [2.75, 3.05) is 12.4 Å². The first-order valence-electron chi connectivity index (χ1n) is 10.4. The first-order chi connectivity index (χ1) is 13.4. The van der Waals surface area contributed by atoms with Crippen LogP contribution in [0.4, 0.5) is 10.5 Å². The molecule has 4 aliphatic rings. The molecule has 0 aromatic heterocycles. The molecule has 1 aromatic carbocycles. The number of imide groups is 1. The zero-order valence-electron chi connectivity index (χ0n) is 17.0. The molecule has 0 spiro atoms. The molecule has 0 radical (unpaired) electrons. The van der Waals surface area contributed by atoms with Crippen LogP contribution >= 0.6 is 0 Å². The van der Waals surface area contributed by atoms with Crippen molar-refractivity contribution in [1.82, 2.24) is 10.6 Å². The second-order valence-electron chi connectivity index (χ2n) is 9.21. The number of carbonyl (C=O) groups is 2. The lowest BCUT2D eigenvalue weighted by Gasteiger charge is -2.56. The van der Waals surface area contributed by atoms with Crippen LogP contribution in [0.5, 0.6) is 5.75 Å². The molecule has 3 N–H and O–H groups in total. The van der Waals surface area contributed by atoms with Gasteiger partial charge in [0.15, 0.2) is 0 Å². The van der Waals surface area contributed by atoms with E-state index in [0.717, 1.165) is 48.3 Å². The van der Waals surface area contributed by atoms with Crippen molar-refractivity contribution in [3.8, 4) is 5.75 Å². The van der Waals surface area contributed by atoms with Gasteiger partial charge >= 0.3 is 6.03 Å². The van der Waals surface area contributed by atoms with Gasteiger partial charge in [0.1, 0.15) is 11.8 Å². The summed E-state index contributed by atoms with van der Waals surface area (Å²) in [6.45, 7) is 3.73. The third kappa shape index (κ3) is 3.82. The summed E-state index contributed by atoms with van der Waals surface area (Å²) in [5.41, 5.74) is 1.71. The lowest BCUT2D eigenvalue weighted by Crippen LogP contribution is -2.62. The van der Waals surface area contributed by atoms with Gasteiger partial charge in [0.25, 0.3) is 0 Å². The number of benzene rings is 1. The lowest BCUT2D eigenvalue weighted by atomic mass is 9.53. The van der Waals surface area contributed by atoms with Crippen molar-refractivity contribution < 1.29 is 14.3 Å². The fourth-order valence-electron chi connectivity index (χ4n) is 5.99. The standard InChI is InChI=1S/C22H31N3O3/c1-13-4-5-19(28-3)18(6-13)23-14(2)20(26)24-21(27)25-22-10-15-7-16(11-22)9-17(8-15)12-22/h4-6,14-17,23H,7-12H2,1-3H3,(H2,24,25,26,27)/t14-,15?,16?,17?,22?/m1/s1. The van der Waals surface area contributed by atoms with Gasteiger partial charge < -0.3 is 15.4 Å². The molecule has 0 unspecified atom stereocenters. The maximum Gasteiger partial charge on any atom is 0.321 e. The second kappa shape index (κ2) is 7.30. The van der Waals surface area contributed by atoms with Gasteiger partial charge in [0, 0.05) is 5.54 Å². The second-order valence-corrected chi connectivity index (χ2v) is 9.21. The zero-order valence-corrected chi connectivity index (χ0v) is 17.0. The summed E-state index contributed by atoms with van der Waals surface area (Å²) in [6, 6.07) is 4.82. The lowest BCUT2D eigenvalue weighted by molar-refractivity contribution is -0.120. The number of rotatable bonds is 5. The molecule has 4 saturated carbocycles. The fourth-order valence-corrected chi connectivity index (χ4v) is 5.99. The predicted octanol–water partition coefficient (Wildman–Crippen LogP) is 3.60. The van der Waals surface area contributed by atoms with Gasteiger partial charge in [-0.2, -0.15) is 0 Å². The van der Waals surface area contributed by atoms with Crippen molar-refractivity contribution in [2.45, 2.75) is 64.0 Å². The molecule has 0 aliphatic heterocycles. The number of aryl methyl sites for hydroxylation is 1. The average molecular weight is 386 g/mol. The minimum absolute atomic E-state index is 0.102. The number of amides is 3. The van der Waals surface area contributed by atoms with E-state index in [1.807, 2.05) is 25.1 Å². The summed E-state index contributed by atoms with van der Waals surface area (Å²) in [4.78, 5) is 25.1. The Labute approximate surface area is 166 Å². The topological polar surface area (TPSA) is 79.5 Å². The highest BCUT2D eigenvalue weighted by Gasteiger charge is 2.51. The van der Waals surface area contributed by atoms with Gasteiger partial charge in [-0.05, 0) is 87.8 Å². The molecule has 6 heteroatoms. The van der Waals surface area contributed by atoms with Crippen LogP contribution in [0.15, 0.2) is 18.2 Å². The molecule has 28 heavy (non-hydrogen) atoms. The van der Waals surface area contributed by atoms with Gasteiger partial charge in [-0.1, -0.05) is 6.07 Å². The van der Waals surface area contributed by atoms with E-state index in [9.17, 15) is 9.59 Å². The van der Waals surface area contributed by atoms with E-state index >= 15 is 0 Å². The van der Waals surface area contributed by atoms with Gasteiger partial charge in [-0.25, -0.2) is 4.79 Å². The summed E-state index contributed by atoms with van der Waals surface area (Å²) in [6.07, 6.45) is 7.15. The number of ether oxygens (including phenoxy) is 1. The molecule has 4 fully saturated rings. The minimum atomic E-state index is -0.558. The third-order valence-corrected chi connectivity index (χ3v) is 6.77. The average Bonchev–Trinajstić information content (AvgIpc) is 2.60. The molecule has 1 aromatic rings. The van der Waals surface area contributed by atoms with Crippen LogP contribution in [0.25, 0.3) is 0 Å². The van der Waals surface area contributed by atoms with E-state index in [2.05, 4.69) is 16.0 Å². The predicted molar refractivity (Wildman–Crippen MR) is 108 cm³/mol. The van der Waals surface area contributed by atoms with E-state index in [1.54, 1.807) is 14.0 Å². The number of urea groups is 1. The van der Waals surface area contributed by atoms with Crippen molar-refractivity contribution in [3.05, 3.63) is 23.8 Å². The quantitative estimate of drug-likeness (QED) is 0.724. The van der Waals surface area contributed by atoms with E-state index in [1.165, 1.54) is 19.3 Å². The van der Waals surface area contributed by atoms with Gasteiger partial charge in [-0.3, -0.25) is 10.1 Å². The summed E-state index contributed by atoms with van der Waals surface area (Å²) >= 11 is 0. The number of anilines is 1. The third-order valence-electron chi connectivity index (χ3n) is 6.77. The van der Waals surface area contributed by atoms with Crippen LogP contribution in [0.1, 0.15) is 51.0 Å². The normalized spacial score (nSPS) is 31.2. The van der Waals surface area contributed by atoms with E-state index < -0.39 is 6.04 Å². The first-order valence-corrected chi connectivity index (χ1v) is 10.4. The maximum atomic E-state index is 12.6. The van der Waals surface area contributed by atoms with Crippen LogP contribution in [0.2, 0.25) is 0 Å². The molecule has 5 rings (SSSR count). The Morgan fingerprint density at radius 1 is 1.11 bits per heavy atom. The zero-order chi connectivity index (χ0) is 19.9. The highest BCUT2D eigenvalue weighted by atomic mass is 16.5. The van der Waals surface area contributed by atoms with Crippen molar-refractivity contribution in [3.63, 3.8) is 0 Å². The number of methoxy groups -OCH3 is 1. The van der Waals surface area contributed by atoms with E-state index in [0.29, 0.717) is 5.75 Å². The Morgan fingerprint density at radius 3 is 2.29 bits per heavy atom. The van der Waals surface area contributed by atoms with Crippen molar-refractivity contribution in [2.24, 2.45) is 17.8 Å². The van der Waals surface area contributed by atoms with Crippen molar-refractivity contribution >= 4 is 17.6 Å². The van der Waals surface area contributed by atoms with Gasteiger partial charge in [0.05, 0.1) is 12.8 Å². The SMILES string of the molecule is COc1ccc(C)cc1N[C@H](C)C(=O)NC(=O)NC12CC3CC(CC(C3)C1)C2. The summed E-state index contributed by atoms with van der Waals surface area (Å²) < 4.78 is 5.35. The van der Waals surface area contributed by atoms with E-state index in [-0.39, 0.29) is 17.5 Å². The summed E-state index contributed by atoms with van der Waals surface area (Å²) in [5.74, 6) is 2.57. The van der Waals surface area contributed by atoms with Crippen LogP contribution < -0.4 is 20.7 Å². The molecule has 152 valence electrons. The van der Waals surface area contributed by atoms with Crippen LogP contribution in [-0.2, 0) is 4.79 Å². The highest BCUT2D eigenvalue weighted by Crippen LogP contribution is 2.55. The Balaban J connectivity index is 1.34. The molecular weight excluding hydrogens is 354 g/mol. The number of nitrogens with one attached hydrogen (secondary N) is 3. The first kappa shape index (κ1) is 19.1. The smallest absolute Gasteiger partial charge is 0.321 e. The van der Waals surface area contributed by atoms with E-state index in [4.69, 9.17) is 4.74 Å². The number of hydrogen-bond acceptors (Lipinski definition) is 4. The van der Waals surface area contributed by atoms with Crippen molar-refractivity contribution in [1.29, 1.82) is 0 Å². The fraction of sp³-hybridized carbons (Fsp3) is 0.636. The van der Waals surface area contributed by atoms with Gasteiger partial charge in [0.2, 0.25) is 5.91 Å². The molecule has 0 heterocycles.